The lowest BCUT2D eigenvalue weighted by Crippen LogP contribution is -2.22. The Labute approximate surface area is 196 Å². The number of carbonyl (C=O) groups excluding carboxylic acids is 2. The molecule has 0 bridgehead atoms. The van der Waals surface area contributed by atoms with Gasteiger partial charge in [0.15, 0.2) is 5.78 Å². The summed E-state index contributed by atoms with van der Waals surface area (Å²) in [6.45, 7) is 7.32. The van der Waals surface area contributed by atoms with Gasteiger partial charge in [-0.1, -0.05) is 49.4 Å². The molecular formula is C26H25N5O3. The molecule has 0 unspecified atom stereocenters. The lowest BCUT2D eigenvalue weighted by molar-refractivity contribution is 0.101. The van der Waals surface area contributed by atoms with Crippen LogP contribution in [0.15, 0.2) is 59.4 Å². The lowest BCUT2D eigenvalue weighted by Gasteiger charge is -2.11. The second-order valence-electron chi connectivity index (χ2n) is 8.00. The number of nitrogens with one attached hydrogen (secondary N) is 2. The first kappa shape index (κ1) is 22.8. The Bertz CT molecular complexity index is 1430. The zero-order chi connectivity index (χ0) is 24.4. The van der Waals surface area contributed by atoms with Gasteiger partial charge in [0.2, 0.25) is 5.95 Å². The molecule has 0 fully saturated rings. The van der Waals surface area contributed by atoms with E-state index in [9.17, 15) is 14.4 Å². The van der Waals surface area contributed by atoms with Gasteiger partial charge in [-0.2, -0.15) is 9.78 Å². The minimum Gasteiger partial charge on any atom is -0.306 e. The number of aryl methyl sites for hydroxylation is 2. The van der Waals surface area contributed by atoms with E-state index in [4.69, 9.17) is 0 Å². The van der Waals surface area contributed by atoms with Crippen LogP contribution in [0.5, 0.6) is 0 Å². The molecule has 2 aromatic carbocycles. The first-order chi connectivity index (χ1) is 16.3. The highest BCUT2D eigenvalue weighted by atomic mass is 16.2. The Morgan fingerprint density at radius 2 is 1.53 bits per heavy atom. The van der Waals surface area contributed by atoms with E-state index in [1.807, 2.05) is 39.0 Å². The molecule has 0 aliphatic rings. The van der Waals surface area contributed by atoms with Crippen molar-refractivity contribution in [3.05, 3.63) is 104 Å². The highest BCUT2D eigenvalue weighted by Gasteiger charge is 2.19. The summed E-state index contributed by atoms with van der Waals surface area (Å²) < 4.78 is 1.43. The van der Waals surface area contributed by atoms with Crippen LogP contribution in [0.4, 0.5) is 5.82 Å². The molecule has 1 amide bonds. The van der Waals surface area contributed by atoms with Gasteiger partial charge >= 0.3 is 0 Å². The molecule has 4 rings (SSSR count). The van der Waals surface area contributed by atoms with Gasteiger partial charge in [0, 0.05) is 33.5 Å². The maximum absolute atomic E-state index is 13.0. The van der Waals surface area contributed by atoms with Crippen molar-refractivity contribution in [3.8, 4) is 5.95 Å². The number of aromatic nitrogens is 4. The SMILES string of the molecule is CCc1c(C)nc(-n2nc(C)c(C)c2NC(=O)c2ccc(C(=O)c3ccccc3)cc2)[nH]c1=O. The molecule has 0 spiro atoms. The van der Waals surface area contributed by atoms with E-state index >= 15 is 0 Å². The van der Waals surface area contributed by atoms with Crippen LogP contribution in [0, 0.1) is 20.8 Å². The first-order valence-electron chi connectivity index (χ1n) is 11.0. The molecule has 2 heterocycles. The predicted molar refractivity (Wildman–Crippen MR) is 130 cm³/mol. The summed E-state index contributed by atoms with van der Waals surface area (Å²) in [5, 5.41) is 7.34. The molecule has 0 aliphatic carbocycles. The van der Waals surface area contributed by atoms with E-state index in [0.717, 1.165) is 5.56 Å². The zero-order valence-corrected chi connectivity index (χ0v) is 19.5. The number of aromatic amines is 1. The molecule has 8 heteroatoms. The highest BCUT2D eigenvalue weighted by molar-refractivity contribution is 6.10. The van der Waals surface area contributed by atoms with E-state index in [1.165, 1.54) is 4.68 Å². The fraction of sp³-hybridized carbons (Fsp3) is 0.192. The molecule has 0 atom stereocenters. The standard InChI is InChI=1S/C26H25N5O3/c1-5-21-17(4)27-26(29-25(21)34)31-23(15(2)16(3)30-31)28-24(33)20-13-11-19(12-14-20)22(32)18-9-7-6-8-10-18/h6-14H,5H2,1-4H3,(H,28,33)(H,27,29,34). The Morgan fingerprint density at radius 3 is 2.15 bits per heavy atom. The average molecular weight is 456 g/mol. The maximum atomic E-state index is 13.0. The van der Waals surface area contributed by atoms with Gasteiger partial charge in [-0.25, -0.2) is 4.98 Å². The van der Waals surface area contributed by atoms with Crippen molar-refractivity contribution in [2.24, 2.45) is 0 Å². The maximum Gasteiger partial charge on any atom is 0.256 e. The van der Waals surface area contributed by atoms with Crippen molar-refractivity contribution >= 4 is 17.5 Å². The van der Waals surface area contributed by atoms with Crippen LogP contribution in [0.3, 0.4) is 0 Å². The van der Waals surface area contributed by atoms with Crippen LogP contribution in [-0.4, -0.2) is 31.4 Å². The third kappa shape index (κ3) is 4.30. The monoisotopic (exact) mass is 455 g/mol. The molecule has 2 aromatic heterocycles. The molecule has 8 nitrogen and oxygen atoms in total. The van der Waals surface area contributed by atoms with Crippen molar-refractivity contribution in [2.45, 2.75) is 34.1 Å². The van der Waals surface area contributed by atoms with E-state index < -0.39 is 0 Å². The number of nitrogens with zero attached hydrogens (tertiary/aromatic N) is 3. The van der Waals surface area contributed by atoms with Gasteiger partial charge < -0.3 is 5.32 Å². The van der Waals surface area contributed by atoms with Gasteiger partial charge in [0.05, 0.1) is 5.69 Å². The summed E-state index contributed by atoms with van der Waals surface area (Å²) >= 11 is 0. The Morgan fingerprint density at radius 1 is 0.912 bits per heavy atom. The first-order valence-corrected chi connectivity index (χ1v) is 11.0. The van der Waals surface area contributed by atoms with E-state index in [2.05, 4.69) is 20.4 Å². The van der Waals surface area contributed by atoms with Gasteiger partial charge in [0.1, 0.15) is 5.82 Å². The van der Waals surface area contributed by atoms with Crippen molar-refractivity contribution in [3.63, 3.8) is 0 Å². The number of amides is 1. The third-order valence-electron chi connectivity index (χ3n) is 5.80. The van der Waals surface area contributed by atoms with Crippen LogP contribution in [0.2, 0.25) is 0 Å². The molecule has 2 N–H and O–H groups in total. The van der Waals surface area contributed by atoms with Gasteiger partial charge in [-0.05, 0) is 39.3 Å². The van der Waals surface area contributed by atoms with Crippen LogP contribution in [-0.2, 0) is 6.42 Å². The second kappa shape index (κ2) is 9.27. The Balaban J connectivity index is 1.62. The summed E-state index contributed by atoms with van der Waals surface area (Å²) in [7, 11) is 0. The van der Waals surface area contributed by atoms with Crippen molar-refractivity contribution in [1.29, 1.82) is 0 Å². The van der Waals surface area contributed by atoms with Crippen LogP contribution in [0.25, 0.3) is 5.95 Å². The van der Waals surface area contributed by atoms with E-state index in [0.29, 0.717) is 45.9 Å². The van der Waals surface area contributed by atoms with Crippen molar-refractivity contribution < 1.29 is 9.59 Å². The lowest BCUT2D eigenvalue weighted by atomic mass is 10.0. The molecule has 0 saturated carbocycles. The molecule has 172 valence electrons. The number of carbonyl (C=O) groups is 2. The molecule has 0 radical (unpaired) electrons. The van der Waals surface area contributed by atoms with Gasteiger partial charge in [-0.15, -0.1) is 0 Å². The summed E-state index contributed by atoms with van der Waals surface area (Å²) in [5.74, 6) is 0.166. The van der Waals surface area contributed by atoms with Crippen molar-refractivity contribution in [1.82, 2.24) is 19.7 Å². The highest BCUT2D eigenvalue weighted by Crippen LogP contribution is 2.22. The normalized spacial score (nSPS) is 10.8. The quantitative estimate of drug-likeness (QED) is 0.428. The number of benzene rings is 2. The second-order valence-corrected chi connectivity index (χ2v) is 8.00. The molecular weight excluding hydrogens is 430 g/mol. The number of rotatable bonds is 6. The molecule has 34 heavy (non-hydrogen) atoms. The number of H-pyrrole nitrogens is 1. The van der Waals surface area contributed by atoms with Gasteiger partial charge in [0.25, 0.3) is 11.5 Å². The summed E-state index contributed by atoms with van der Waals surface area (Å²) in [6, 6.07) is 15.4. The molecule has 4 aromatic rings. The third-order valence-corrected chi connectivity index (χ3v) is 5.80. The largest absolute Gasteiger partial charge is 0.306 e. The number of hydrogen-bond acceptors (Lipinski definition) is 5. The fourth-order valence-electron chi connectivity index (χ4n) is 3.73. The van der Waals surface area contributed by atoms with Crippen LogP contribution in [0.1, 0.15) is 55.7 Å². The number of ketones is 1. The number of hydrogen-bond donors (Lipinski definition) is 2. The predicted octanol–water partition coefficient (Wildman–Crippen LogP) is 3.93. The topological polar surface area (TPSA) is 110 Å². The Kier molecular flexibility index (Phi) is 6.23. The summed E-state index contributed by atoms with van der Waals surface area (Å²) in [4.78, 5) is 45.3. The van der Waals surface area contributed by atoms with Crippen molar-refractivity contribution in [2.75, 3.05) is 5.32 Å². The fourth-order valence-corrected chi connectivity index (χ4v) is 3.73. The minimum atomic E-state index is -0.368. The Hall–Kier alpha value is -4.33. The minimum absolute atomic E-state index is 0.113. The van der Waals surface area contributed by atoms with E-state index in [1.54, 1.807) is 43.3 Å². The van der Waals surface area contributed by atoms with Crippen LogP contribution >= 0.6 is 0 Å². The molecule has 0 aliphatic heterocycles. The zero-order valence-electron chi connectivity index (χ0n) is 19.5. The van der Waals surface area contributed by atoms with Crippen LogP contribution < -0.4 is 10.9 Å². The molecule has 0 saturated heterocycles. The summed E-state index contributed by atoms with van der Waals surface area (Å²) in [5.41, 5.74) is 3.90. The van der Waals surface area contributed by atoms with E-state index in [-0.39, 0.29) is 23.2 Å². The van der Waals surface area contributed by atoms with Gasteiger partial charge in [-0.3, -0.25) is 19.4 Å². The number of anilines is 1. The average Bonchev–Trinajstić information content (AvgIpc) is 3.12. The summed E-state index contributed by atoms with van der Waals surface area (Å²) in [6.07, 6.45) is 0.567. The smallest absolute Gasteiger partial charge is 0.256 e.